The Morgan fingerprint density at radius 3 is 2.67 bits per heavy atom. The van der Waals surface area contributed by atoms with E-state index in [2.05, 4.69) is 48.7 Å². The van der Waals surface area contributed by atoms with Crippen molar-refractivity contribution in [2.24, 2.45) is 0 Å². The Labute approximate surface area is 90.2 Å². The molecule has 1 aromatic heterocycles. The Morgan fingerprint density at radius 1 is 1.27 bits per heavy atom. The van der Waals surface area contributed by atoms with Gasteiger partial charge in [0.25, 0.3) is 0 Å². The van der Waals surface area contributed by atoms with Gasteiger partial charge >= 0.3 is 0 Å². The van der Waals surface area contributed by atoms with Crippen LogP contribution >= 0.6 is 0 Å². The van der Waals surface area contributed by atoms with Crippen LogP contribution in [0.25, 0.3) is 10.9 Å². The second-order valence-corrected chi connectivity index (χ2v) is 4.13. The maximum Gasteiger partial charge on any atom is 0.0485 e. The van der Waals surface area contributed by atoms with Crippen molar-refractivity contribution in [1.82, 2.24) is 4.57 Å². The molecule has 0 aliphatic heterocycles. The minimum absolute atomic E-state index is 0.211. The third-order valence-corrected chi connectivity index (χ3v) is 2.71. The third kappa shape index (κ3) is 1.77. The van der Waals surface area contributed by atoms with Crippen molar-refractivity contribution in [3.63, 3.8) is 0 Å². The standard InChI is InChI=1S/C13H17NO/c1-10(2)14-12(7-8-15)9-11-5-3-4-6-13(11)14/h3-6,9-10,15H,7-8H2,1-2H3. The Morgan fingerprint density at radius 2 is 2.00 bits per heavy atom. The van der Waals surface area contributed by atoms with Crippen molar-refractivity contribution in [2.75, 3.05) is 6.61 Å². The monoisotopic (exact) mass is 203 g/mol. The van der Waals surface area contributed by atoms with Gasteiger partial charge in [0.2, 0.25) is 0 Å². The number of hydrogen-bond donors (Lipinski definition) is 1. The van der Waals surface area contributed by atoms with Crippen LogP contribution < -0.4 is 0 Å². The summed E-state index contributed by atoms with van der Waals surface area (Å²) in [5, 5.41) is 10.3. The van der Waals surface area contributed by atoms with Crippen molar-refractivity contribution < 1.29 is 5.11 Å². The van der Waals surface area contributed by atoms with Gasteiger partial charge in [-0.25, -0.2) is 0 Å². The minimum Gasteiger partial charge on any atom is -0.396 e. The Bertz CT molecular complexity index is 457. The molecule has 1 aromatic carbocycles. The molecule has 0 spiro atoms. The number of rotatable bonds is 3. The smallest absolute Gasteiger partial charge is 0.0485 e. The van der Waals surface area contributed by atoms with Crippen LogP contribution in [0, 0.1) is 0 Å². The number of hydrogen-bond acceptors (Lipinski definition) is 1. The minimum atomic E-state index is 0.211. The topological polar surface area (TPSA) is 25.2 Å². The predicted octanol–water partition coefficient (Wildman–Crippen LogP) is 2.76. The second kappa shape index (κ2) is 4.07. The lowest BCUT2D eigenvalue weighted by molar-refractivity contribution is 0.296. The average molecular weight is 203 g/mol. The van der Waals surface area contributed by atoms with Gasteiger partial charge in [-0.2, -0.15) is 0 Å². The Balaban J connectivity index is 2.63. The number of aromatic nitrogens is 1. The highest BCUT2D eigenvalue weighted by Crippen LogP contribution is 2.24. The van der Waals surface area contributed by atoms with Crippen LogP contribution in [-0.2, 0) is 6.42 Å². The molecule has 1 heterocycles. The van der Waals surface area contributed by atoms with E-state index in [9.17, 15) is 0 Å². The SMILES string of the molecule is CC(C)n1c(CCO)cc2ccccc21. The van der Waals surface area contributed by atoms with Crippen molar-refractivity contribution in [2.45, 2.75) is 26.3 Å². The van der Waals surface area contributed by atoms with E-state index in [0.29, 0.717) is 6.04 Å². The predicted molar refractivity (Wildman–Crippen MR) is 63.1 cm³/mol. The first-order valence-electron chi connectivity index (χ1n) is 5.43. The van der Waals surface area contributed by atoms with Crippen LogP contribution in [0.5, 0.6) is 0 Å². The number of para-hydroxylation sites is 1. The summed E-state index contributed by atoms with van der Waals surface area (Å²) in [5.74, 6) is 0. The maximum atomic E-state index is 9.04. The van der Waals surface area contributed by atoms with Gasteiger partial charge in [0.15, 0.2) is 0 Å². The molecule has 1 N–H and O–H groups in total. The molecule has 0 unspecified atom stereocenters. The van der Waals surface area contributed by atoms with Crippen molar-refractivity contribution in [3.05, 3.63) is 36.0 Å². The zero-order valence-corrected chi connectivity index (χ0v) is 9.27. The molecule has 0 atom stereocenters. The van der Waals surface area contributed by atoms with Crippen molar-refractivity contribution in [3.8, 4) is 0 Å². The van der Waals surface area contributed by atoms with Gasteiger partial charge in [-0.1, -0.05) is 18.2 Å². The summed E-state index contributed by atoms with van der Waals surface area (Å²) in [4.78, 5) is 0. The zero-order chi connectivity index (χ0) is 10.8. The zero-order valence-electron chi connectivity index (χ0n) is 9.27. The summed E-state index contributed by atoms with van der Waals surface area (Å²) in [6.45, 7) is 4.56. The van der Waals surface area contributed by atoms with Gasteiger partial charge in [0, 0.05) is 30.3 Å². The first-order valence-corrected chi connectivity index (χ1v) is 5.43. The van der Waals surface area contributed by atoms with Crippen LogP contribution in [0.1, 0.15) is 25.6 Å². The van der Waals surface area contributed by atoms with Crippen molar-refractivity contribution in [1.29, 1.82) is 0 Å². The fourth-order valence-corrected chi connectivity index (χ4v) is 2.15. The third-order valence-electron chi connectivity index (χ3n) is 2.71. The van der Waals surface area contributed by atoms with E-state index >= 15 is 0 Å². The number of aliphatic hydroxyl groups is 1. The quantitative estimate of drug-likeness (QED) is 0.815. The summed E-state index contributed by atoms with van der Waals surface area (Å²) in [6, 6.07) is 11.0. The molecule has 0 saturated heterocycles. The molecule has 0 fully saturated rings. The first kappa shape index (κ1) is 10.2. The van der Waals surface area contributed by atoms with Crippen LogP contribution in [0.2, 0.25) is 0 Å². The van der Waals surface area contributed by atoms with E-state index in [-0.39, 0.29) is 6.61 Å². The van der Waals surface area contributed by atoms with E-state index < -0.39 is 0 Å². The Kier molecular flexibility index (Phi) is 2.78. The van der Waals surface area contributed by atoms with E-state index in [1.165, 1.54) is 16.6 Å². The average Bonchev–Trinajstić information content (AvgIpc) is 2.56. The Hall–Kier alpha value is -1.28. The number of fused-ring (bicyclic) bond motifs is 1. The number of benzene rings is 1. The maximum absolute atomic E-state index is 9.04. The van der Waals surface area contributed by atoms with Gasteiger partial charge in [-0.15, -0.1) is 0 Å². The molecule has 2 aromatic rings. The summed E-state index contributed by atoms with van der Waals surface area (Å²) in [5.41, 5.74) is 2.48. The molecule has 0 aliphatic carbocycles. The fourth-order valence-electron chi connectivity index (χ4n) is 2.15. The van der Waals surface area contributed by atoms with E-state index in [0.717, 1.165) is 6.42 Å². The first-order chi connectivity index (χ1) is 7.24. The molecule has 0 bridgehead atoms. The number of aliphatic hydroxyl groups excluding tert-OH is 1. The molecule has 0 amide bonds. The molecule has 0 aliphatic rings. The molecule has 80 valence electrons. The van der Waals surface area contributed by atoms with Crippen molar-refractivity contribution >= 4 is 10.9 Å². The summed E-state index contributed by atoms with van der Waals surface area (Å²) >= 11 is 0. The molecule has 2 rings (SSSR count). The highest BCUT2D eigenvalue weighted by Gasteiger charge is 2.09. The highest BCUT2D eigenvalue weighted by atomic mass is 16.3. The molecule has 0 saturated carbocycles. The van der Waals surface area contributed by atoms with E-state index in [1.807, 2.05) is 0 Å². The van der Waals surface area contributed by atoms with E-state index in [1.54, 1.807) is 0 Å². The van der Waals surface area contributed by atoms with E-state index in [4.69, 9.17) is 5.11 Å². The van der Waals surface area contributed by atoms with Crippen LogP contribution in [0.15, 0.2) is 30.3 Å². The lowest BCUT2D eigenvalue weighted by atomic mass is 10.2. The van der Waals surface area contributed by atoms with Gasteiger partial charge in [-0.3, -0.25) is 0 Å². The summed E-state index contributed by atoms with van der Waals surface area (Å²) in [6.07, 6.45) is 0.729. The molecule has 2 heteroatoms. The molecule has 15 heavy (non-hydrogen) atoms. The summed E-state index contributed by atoms with van der Waals surface area (Å²) in [7, 11) is 0. The van der Waals surface area contributed by atoms with Crippen LogP contribution in [-0.4, -0.2) is 16.3 Å². The normalized spacial score (nSPS) is 11.5. The van der Waals surface area contributed by atoms with Gasteiger partial charge in [0.1, 0.15) is 0 Å². The van der Waals surface area contributed by atoms with Crippen LogP contribution in [0.4, 0.5) is 0 Å². The summed E-state index contributed by atoms with van der Waals surface area (Å²) < 4.78 is 2.30. The lowest BCUT2D eigenvalue weighted by Gasteiger charge is -2.13. The molecule has 2 nitrogen and oxygen atoms in total. The molecular weight excluding hydrogens is 186 g/mol. The van der Waals surface area contributed by atoms with Crippen LogP contribution in [0.3, 0.4) is 0 Å². The van der Waals surface area contributed by atoms with Gasteiger partial charge in [0.05, 0.1) is 0 Å². The molecular formula is C13H17NO. The number of nitrogens with zero attached hydrogens (tertiary/aromatic N) is 1. The van der Waals surface area contributed by atoms with Gasteiger partial charge in [-0.05, 0) is 31.4 Å². The van der Waals surface area contributed by atoms with Gasteiger partial charge < -0.3 is 9.67 Å². The highest BCUT2D eigenvalue weighted by molar-refractivity contribution is 5.81. The largest absolute Gasteiger partial charge is 0.396 e. The fraction of sp³-hybridized carbons (Fsp3) is 0.385. The second-order valence-electron chi connectivity index (χ2n) is 4.13. The molecule has 0 radical (unpaired) electrons. The lowest BCUT2D eigenvalue weighted by Crippen LogP contribution is -2.06.